The zero-order valence-corrected chi connectivity index (χ0v) is 32.6. The van der Waals surface area contributed by atoms with Crippen molar-refractivity contribution in [1.82, 2.24) is 40.4 Å². The van der Waals surface area contributed by atoms with E-state index in [1.54, 1.807) is 36.0 Å². The average molecular weight is 781 g/mol. The highest BCUT2D eigenvalue weighted by Crippen LogP contribution is 2.29. The van der Waals surface area contributed by atoms with Gasteiger partial charge in [0, 0.05) is 47.7 Å². The number of ether oxygens (including phenoxy) is 3. The van der Waals surface area contributed by atoms with Crippen LogP contribution in [0.1, 0.15) is 62.6 Å². The monoisotopic (exact) mass is 780 g/mol. The molecule has 0 aliphatic carbocycles. The summed E-state index contributed by atoms with van der Waals surface area (Å²) >= 11 is 0. The summed E-state index contributed by atoms with van der Waals surface area (Å²) in [6.07, 6.45) is 1.66. The Hall–Kier alpha value is -6.18. The molecule has 2 fully saturated rings. The minimum Gasteiger partial charge on any atom is -0.465 e. The maximum Gasteiger partial charge on any atom is 0.407 e. The summed E-state index contributed by atoms with van der Waals surface area (Å²) in [5.74, 6) is 6.63. The van der Waals surface area contributed by atoms with E-state index in [-0.39, 0.29) is 36.9 Å². The summed E-state index contributed by atoms with van der Waals surface area (Å²) in [5.41, 5.74) is 4.76. The molecule has 0 spiro atoms. The summed E-state index contributed by atoms with van der Waals surface area (Å²) in [6, 6.07) is 12.8. The fourth-order valence-corrected chi connectivity index (χ4v) is 6.79. The van der Waals surface area contributed by atoms with E-state index >= 15 is 0 Å². The number of hydrogen-bond donors (Lipinski definition) is 5. The molecule has 2 aromatic heterocycles. The molecule has 57 heavy (non-hydrogen) atoms. The number of amides is 4. The Labute approximate surface area is 330 Å². The van der Waals surface area contributed by atoms with Gasteiger partial charge in [0.2, 0.25) is 11.8 Å². The van der Waals surface area contributed by atoms with Crippen LogP contribution >= 0.6 is 0 Å². The lowest BCUT2D eigenvalue weighted by molar-refractivity contribution is -0.144. The largest absolute Gasteiger partial charge is 0.465 e. The number of rotatable bonds is 10. The molecule has 2 aliphatic rings. The van der Waals surface area contributed by atoms with Crippen molar-refractivity contribution in [3.05, 3.63) is 83.7 Å². The van der Waals surface area contributed by atoms with Gasteiger partial charge in [0.15, 0.2) is 0 Å². The van der Waals surface area contributed by atoms with Gasteiger partial charge >= 0.3 is 12.2 Å². The zero-order valence-electron chi connectivity index (χ0n) is 32.6. The second kappa shape index (κ2) is 18.2. The lowest BCUT2D eigenvalue weighted by Gasteiger charge is -2.37. The molecule has 300 valence electrons. The molecule has 0 unspecified atom stereocenters. The van der Waals surface area contributed by atoms with Gasteiger partial charge in [-0.05, 0) is 36.1 Å². The van der Waals surface area contributed by atoms with Gasteiger partial charge in [-0.25, -0.2) is 19.6 Å². The van der Waals surface area contributed by atoms with Crippen molar-refractivity contribution >= 4 is 24.0 Å². The first kappa shape index (κ1) is 40.5. The highest BCUT2D eigenvalue weighted by Gasteiger charge is 2.38. The average Bonchev–Trinajstić information content (AvgIpc) is 3.92. The molecule has 0 saturated carbocycles. The van der Waals surface area contributed by atoms with Crippen LogP contribution in [0.2, 0.25) is 0 Å². The molecule has 16 heteroatoms. The Kier molecular flexibility index (Phi) is 12.9. The molecule has 5 N–H and O–H groups in total. The van der Waals surface area contributed by atoms with E-state index in [9.17, 15) is 24.3 Å². The van der Waals surface area contributed by atoms with Crippen molar-refractivity contribution in [2.75, 3.05) is 46.6 Å². The lowest BCUT2D eigenvalue weighted by atomic mass is 10.0. The van der Waals surface area contributed by atoms with E-state index in [2.05, 4.69) is 32.4 Å². The maximum absolute atomic E-state index is 13.6. The normalized spacial score (nSPS) is 18.0. The molecule has 16 nitrogen and oxygen atoms in total. The molecule has 0 radical (unpaired) electrons. The highest BCUT2D eigenvalue weighted by molar-refractivity contribution is 5.87. The number of nitrogens with one attached hydrogen (secondary N) is 4. The van der Waals surface area contributed by atoms with Crippen LogP contribution in [0.25, 0.3) is 22.5 Å². The van der Waals surface area contributed by atoms with Gasteiger partial charge in [0.1, 0.15) is 35.8 Å². The fraction of sp³-hybridized carbons (Fsp3) is 0.415. The molecule has 2 saturated heterocycles. The van der Waals surface area contributed by atoms with E-state index in [4.69, 9.17) is 24.2 Å². The molecule has 2 aromatic carbocycles. The standard InChI is InChI=1S/C41H48N8O8/c1-24(2)34(46-40(52)53)38(50)48-16-18-56-22-32(48)36-42-20-30(44-36)28-12-8-26(9-13-28)6-7-27-10-14-29(15-11-27)31-21-43-37(45-31)33-23-57-19-17-49(33)39(51)35(25(3)4)47-41(54)55-5/h8-15,20-21,24-25,32-35,46H,16-19,22-23H2,1-5H3,(H,42,44)(H,43,45)(H,47,54)(H,52,53)/t32-,33-,34+,35+/m1/s1. The van der Waals surface area contributed by atoms with Crippen LogP contribution in [-0.4, -0.2) is 118 Å². The van der Waals surface area contributed by atoms with Crippen molar-refractivity contribution in [3.63, 3.8) is 0 Å². The number of imidazole rings is 2. The van der Waals surface area contributed by atoms with E-state index in [0.717, 1.165) is 22.3 Å². The number of alkyl carbamates (subject to hydrolysis) is 1. The van der Waals surface area contributed by atoms with Crippen LogP contribution in [-0.2, 0) is 23.8 Å². The van der Waals surface area contributed by atoms with Crippen molar-refractivity contribution in [3.8, 4) is 34.4 Å². The van der Waals surface area contributed by atoms with E-state index in [0.29, 0.717) is 49.3 Å². The molecule has 0 bridgehead atoms. The van der Waals surface area contributed by atoms with Gasteiger partial charge in [0.05, 0.1) is 44.9 Å². The Morgan fingerprint density at radius 3 is 1.54 bits per heavy atom. The number of carbonyl (C=O) groups excluding carboxylic acids is 3. The number of aromatic amines is 2. The second-order valence-electron chi connectivity index (χ2n) is 14.5. The van der Waals surface area contributed by atoms with E-state index in [1.807, 2.05) is 62.4 Å². The number of aromatic nitrogens is 4. The van der Waals surface area contributed by atoms with Crippen molar-refractivity contribution < 1.29 is 38.5 Å². The summed E-state index contributed by atoms with van der Waals surface area (Å²) in [4.78, 5) is 69.7. The first-order chi connectivity index (χ1) is 27.4. The van der Waals surface area contributed by atoms with Crippen LogP contribution in [0.3, 0.4) is 0 Å². The molecule has 4 amide bonds. The van der Waals surface area contributed by atoms with Crippen LogP contribution in [0.5, 0.6) is 0 Å². The molecular weight excluding hydrogens is 732 g/mol. The smallest absolute Gasteiger partial charge is 0.407 e. The number of hydrogen-bond acceptors (Lipinski definition) is 9. The Morgan fingerprint density at radius 2 is 1.16 bits per heavy atom. The number of carbonyl (C=O) groups is 4. The number of carboxylic acid groups (broad SMARTS) is 1. The minimum atomic E-state index is -1.25. The third-order valence-electron chi connectivity index (χ3n) is 9.97. The summed E-state index contributed by atoms with van der Waals surface area (Å²) in [7, 11) is 1.27. The summed E-state index contributed by atoms with van der Waals surface area (Å²) in [5, 5.41) is 14.3. The van der Waals surface area contributed by atoms with Gasteiger partial charge in [-0.2, -0.15) is 0 Å². The number of H-pyrrole nitrogens is 2. The first-order valence-electron chi connectivity index (χ1n) is 18.9. The Bertz CT molecular complexity index is 2100. The SMILES string of the molecule is COC(=O)N[C@H](C(=O)N1CCOC[C@@H]1c1nc(-c2ccc(C#Cc3ccc(-c4c[nH]c([C@H]5COCCN5C(=O)[C@@H](NC(=O)O)C(C)C)n4)cc3)cc2)c[nH]1)C(C)C. The van der Waals surface area contributed by atoms with Gasteiger partial charge < -0.3 is 49.7 Å². The van der Waals surface area contributed by atoms with E-state index in [1.165, 1.54) is 7.11 Å². The van der Waals surface area contributed by atoms with Crippen molar-refractivity contribution in [2.45, 2.75) is 51.9 Å². The second-order valence-corrected chi connectivity index (χ2v) is 14.5. The van der Waals surface area contributed by atoms with Gasteiger partial charge in [0.25, 0.3) is 0 Å². The van der Waals surface area contributed by atoms with Crippen LogP contribution in [0.15, 0.2) is 60.9 Å². The number of nitrogens with zero attached hydrogens (tertiary/aromatic N) is 4. The fourth-order valence-electron chi connectivity index (χ4n) is 6.79. The molecule has 4 aromatic rings. The van der Waals surface area contributed by atoms with Gasteiger partial charge in [-0.15, -0.1) is 0 Å². The third kappa shape index (κ3) is 9.62. The van der Waals surface area contributed by atoms with Gasteiger partial charge in [-0.3, -0.25) is 9.59 Å². The quantitative estimate of drug-likeness (QED) is 0.144. The number of benzene rings is 2. The molecule has 4 atom stereocenters. The predicted octanol–water partition coefficient (Wildman–Crippen LogP) is 4.34. The predicted molar refractivity (Wildman–Crippen MR) is 209 cm³/mol. The lowest BCUT2D eigenvalue weighted by Crippen LogP contribution is -2.54. The van der Waals surface area contributed by atoms with Crippen LogP contribution in [0.4, 0.5) is 9.59 Å². The molecule has 6 rings (SSSR count). The summed E-state index contributed by atoms with van der Waals surface area (Å²) < 4.78 is 16.1. The molecule has 2 aliphatic heterocycles. The van der Waals surface area contributed by atoms with Crippen molar-refractivity contribution in [1.29, 1.82) is 0 Å². The van der Waals surface area contributed by atoms with Gasteiger partial charge in [-0.1, -0.05) is 63.8 Å². The zero-order chi connectivity index (χ0) is 40.6. The highest BCUT2D eigenvalue weighted by atomic mass is 16.5. The Balaban J connectivity index is 1.09. The molecule has 4 heterocycles. The molecular formula is C41H48N8O8. The van der Waals surface area contributed by atoms with Crippen molar-refractivity contribution in [2.24, 2.45) is 11.8 Å². The number of morpholine rings is 2. The third-order valence-corrected chi connectivity index (χ3v) is 9.97. The van der Waals surface area contributed by atoms with Crippen LogP contribution < -0.4 is 10.6 Å². The number of methoxy groups -OCH3 is 1. The van der Waals surface area contributed by atoms with Crippen LogP contribution in [0, 0.1) is 23.7 Å². The van der Waals surface area contributed by atoms with E-state index < -0.39 is 36.4 Å². The first-order valence-corrected chi connectivity index (χ1v) is 18.9. The Morgan fingerprint density at radius 1 is 0.737 bits per heavy atom. The minimum absolute atomic E-state index is 0.157. The topological polar surface area (TPSA) is 204 Å². The maximum atomic E-state index is 13.6. The summed E-state index contributed by atoms with van der Waals surface area (Å²) in [6.45, 7) is 9.26.